The zero-order valence-corrected chi connectivity index (χ0v) is 15.2. The van der Waals surface area contributed by atoms with Gasteiger partial charge in [0.25, 0.3) is 5.91 Å². The molecule has 5 heteroatoms. The Labute approximate surface area is 145 Å². The normalized spacial score (nSPS) is 17.5. The summed E-state index contributed by atoms with van der Waals surface area (Å²) >= 11 is 0. The number of piperidine rings is 1. The summed E-state index contributed by atoms with van der Waals surface area (Å²) in [7, 11) is 1.63. The van der Waals surface area contributed by atoms with Crippen LogP contribution < -0.4 is 14.8 Å². The van der Waals surface area contributed by atoms with E-state index in [9.17, 15) is 4.79 Å². The number of methoxy groups -OCH3 is 1. The molecule has 0 spiro atoms. The molecule has 24 heavy (non-hydrogen) atoms. The SMILES string of the molecule is CC[C@H](Oc1ccc(OC)cc1)C(=O)NC1CCN(C(C)C)CC1. The monoisotopic (exact) mass is 334 g/mol. The van der Waals surface area contributed by atoms with Crippen molar-refractivity contribution in [2.45, 2.75) is 58.2 Å². The number of carbonyl (C=O) groups is 1. The maximum atomic E-state index is 12.5. The van der Waals surface area contributed by atoms with E-state index >= 15 is 0 Å². The minimum atomic E-state index is -0.457. The van der Waals surface area contributed by atoms with Gasteiger partial charge >= 0.3 is 0 Å². The van der Waals surface area contributed by atoms with Gasteiger partial charge in [0.05, 0.1) is 7.11 Å². The minimum Gasteiger partial charge on any atom is -0.497 e. The lowest BCUT2D eigenvalue weighted by molar-refractivity contribution is -0.129. The van der Waals surface area contributed by atoms with Crippen molar-refractivity contribution in [3.05, 3.63) is 24.3 Å². The Balaban J connectivity index is 1.85. The molecule has 2 rings (SSSR count). The number of hydrogen-bond acceptors (Lipinski definition) is 4. The molecule has 5 nitrogen and oxygen atoms in total. The smallest absolute Gasteiger partial charge is 0.261 e. The van der Waals surface area contributed by atoms with Gasteiger partial charge in [-0.05, 0) is 57.4 Å². The standard InChI is InChI=1S/C19H30N2O3/c1-5-18(24-17-8-6-16(23-4)7-9-17)19(22)20-15-10-12-21(13-11-15)14(2)3/h6-9,14-15,18H,5,10-13H2,1-4H3,(H,20,22)/t18-/m0/s1. The zero-order chi connectivity index (χ0) is 17.5. The van der Waals surface area contributed by atoms with Crippen molar-refractivity contribution in [3.63, 3.8) is 0 Å². The van der Waals surface area contributed by atoms with E-state index in [1.807, 2.05) is 31.2 Å². The maximum absolute atomic E-state index is 12.5. The Morgan fingerprint density at radius 2 is 1.79 bits per heavy atom. The van der Waals surface area contributed by atoms with Crippen LogP contribution in [0.25, 0.3) is 0 Å². The molecule has 0 aromatic heterocycles. The summed E-state index contributed by atoms with van der Waals surface area (Å²) in [6.45, 7) is 8.48. The molecule has 1 aliphatic rings. The first-order valence-corrected chi connectivity index (χ1v) is 8.88. The van der Waals surface area contributed by atoms with Crippen LogP contribution in [0.1, 0.15) is 40.0 Å². The number of carbonyl (C=O) groups excluding carboxylic acids is 1. The van der Waals surface area contributed by atoms with Crippen molar-refractivity contribution in [1.82, 2.24) is 10.2 Å². The number of ether oxygens (including phenoxy) is 2. The van der Waals surface area contributed by atoms with Crippen LogP contribution in [0.5, 0.6) is 11.5 Å². The van der Waals surface area contributed by atoms with Gasteiger partial charge in [-0.25, -0.2) is 0 Å². The van der Waals surface area contributed by atoms with E-state index in [0.717, 1.165) is 31.7 Å². The first-order chi connectivity index (χ1) is 11.5. The van der Waals surface area contributed by atoms with E-state index in [1.54, 1.807) is 7.11 Å². The number of nitrogens with zero attached hydrogens (tertiary/aromatic N) is 1. The lowest BCUT2D eigenvalue weighted by Gasteiger charge is -2.35. The molecule has 0 aliphatic carbocycles. The van der Waals surface area contributed by atoms with Crippen molar-refractivity contribution in [2.24, 2.45) is 0 Å². The van der Waals surface area contributed by atoms with Gasteiger partial charge in [-0.15, -0.1) is 0 Å². The summed E-state index contributed by atoms with van der Waals surface area (Å²) in [6, 6.07) is 8.15. The second kappa shape index (κ2) is 8.92. The predicted octanol–water partition coefficient (Wildman–Crippen LogP) is 2.84. The molecule has 134 valence electrons. The summed E-state index contributed by atoms with van der Waals surface area (Å²) in [5, 5.41) is 3.16. The summed E-state index contributed by atoms with van der Waals surface area (Å²) in [4.78, 5) is 15.0. The summed E-state index contributed by atoms with van der Waals surface area (Å²) in [5.74, 6) is 1.44. The molecule has 0 radical (unpaired) electrons. The average molecular weight is 334 g/mol. The number of amides is 1. The first-order valence-electron chi connectivity index (χ1n) is 8.88. The highest BCUT2D eigenvalue weighted by atomic mass is 16.5. The van der Waals surface area contributed by atoms with Crippen LogP contribution in [-0.4, -0.2) is 49.2 Å². The van der Waals surface area contributed by atoms with Gasteiger partial charge in [-0.3, -0.25) is 4.79 Å². The molecular formula is C19H30N2O3. The Bertz CT molecular complexity index is 508. The van der Waals surface area contributed by atoms with E-state index in [4.69, 9.17) is 9.47 Å². The lowest BCUT2D eigenvalue weighted by atomic mass is 10.0. The molecule has 1 atom stereocenters. The molecule has 1 N–H and O–H groups in total. The molecule has 1 aromatic rings. The maximum Gasteiger partial charge on any atom is 0.261 e. The fourth-order valence-corrected chi connectivity index (χ4v) is 3.00. The van der Waals surface area contributed by atoms with Crippen LogP contribution in [0.2, 0.25) is 0 Å². The second-order valence-electron chi connectivity index (χ2n) is 6.60. The molecule has 1 aliphatic heterocycles. The van der Waals surface area contributed by atoms with Gasteiger partial charge in [0.1, 0.15) is 11.5 Å². The third kappa shape index (κ3) is 5.13. The molecule has 1 aromatic carbocycles. The van der Waals surface area contributed by atoms with Crippen molar-refractivity contribution in [2.75, 3.05) is 20.2 Å². The number of rotatable bonds is 7. The third-order valence-corrected chi connectivity index (χ3v) is 4.61. The number of hydrogen-bond donors (Lipinski definition) is 1. The molecule has 1 heterocycles. The molecule has 1 saturated heterocycles. The Morgan fingerprint density at radius 3 is 2.29 bits per heavy atom. The number of benzene rings is 1. The zero-order valence-electron chi connectivity index (χ0n) is 15.2. The summed E-state index contributed by atoms with van der Waals surface area (Å²) in [5.41, 5.74) is 0. The molecule has 1 fully saturated rings. The van der Waals surface area contributed by atoms with Gasteiger partial charge in [0.15, 0.2) is 6.10 Å². The highest BCUT2D eigenvalue weighted by Crippen LogP contribution is 2.19. The fourth-order valence-electron chi connectivity index (χ4n) is 3.00. The Morgan fingerprint density at radius 1 is 1.21 bits per heavy atom. The quantitative estimate of drug-likeness (QED) is 0.833. The minimum absolute atomic E-state index is 0.0173. The molecule has 0 saturated carbocycles. The van der Waals surface area contributed by atoms with Gasteiger partial charge in [-0.1, -0.05) is 6.92 Å². The highest BCUT2D eigenvalue weighted by molar-refractivity contribution is 5.81. The van der Waals surface area contributed by atoms with Crippen LogP contribution in [0, 0.1) is 0 Å². The molecule has 1 amide bonds. The predicted molar refractivity (Wildman–Crippen MR) is 95.6 cm³/mol. The summed E-state index contributed by atoms with van der Waals surface area (Å²) < 4.78 is 11.0. The average Bonchev–Trinajstić information content (AvgIpc) is 2.60. The fraction of sp³-hybridized carbons (Fsp3) is 0.632. The molecular weight excluding hydrogens is 304 g/mol. The van der Waals surface area contributed by atoms with Crippen molar-refractivity contribution in [1.29, 1.82) is 0 Å². The lowest BCUT2D eigenvalue weighted by Crippen LogP contribution is -2.49. The van der Waals surface area contributed by atoms with E-state index in [2.05, 4.69) is 24.1 Å². The van der Waals surface area contributed by atoms with E-state index < -0.39 is 6.10 Å². The van der Waals surface area contributed by atoms with Crippen molar-refractivity contribution >= 4 is 5.91 Å². The number of nitrogens with one attached hydrogen (secondary N) is 1. The second-order valence-corrected chi connectivity index (χ2v) is 6.60. The largest absolute Gasteiger partial charge is 0.497 e. The van der Waals surface area contributed by atoms with Crippen molar-refractivity contribution < 1.29 is 14.3 Å². The molecule has 0 bridgehead atoms. The van der Waals surface area contributed by atoms with E-state index in [-0.39, 0.29) is 11.9 Å². The van der Waals surface area contributed by atoms with Gasteiger partial charge in [-0.2, -0.15) is 0 Å². The molecule has 0 unspecified atom stereocenters. The van der Waals surface area contributed by atoms with Crippen LogP contribution >= 0.6 is 0 Å². The Kier molecular flexibility index (Phi) is 6.91. The first kappa shape index (κ1) is 18.6. The topological polar surface area (TPSA) is 50.8 Å². The third-order valence-electron chi connectivity index (χ3n) is 4.61. The van der Waals surface area contributed by atoms with E-state index in [0.29, 0.717) is 18.2 Å². The van der Waals surface area contributed by atoms with Crippen molar-refractivity contribution in [3.8, 4) is 11.5 Å². The van der Waals surface area contributed by atoms with Gasteiger partial charge in [0.2, 0.25) is 0 Å². The highest BCUT2D eigenvalue weighted by Gasteiger charge is 2.25. The van der Waals surface area contributed by atoms with E-state index in [1.165, 1.54) is 0 Å². The van der Waals surface area contributed by atoms with Gasteiger partial charge < -0.3 is 19.7 Å². The van der Waals surface area contributed by atoms with Crippen LogP contribution in [-0.2, 0) is 4.79 Å². The number of likely N-dealkylation sites (tertiary alicyclic amines) is 1. The van der Waals surface area contributed by atoms with Crippen LogP contribution in [0.15, 0.2) is 24.3 Å². The van der Waals surface area contributed by atoms with Crippen LogP contribution in [0.3, 0.4) is 0 Å². The van der Waals surface area contributed by atoms with Crippen LogP contribution in [0.4, 0.5) is 0 Å². The Hall–Kier alpha value is -1.75. The summed E-state index contributed by atoms with van der Waals surface area (Å²) in [6.07, 6.45) is 2.19. The van der Waals surface area contributed by atoms with Gasteiger partial charge in [0, 0.05) is 25.2 Å².